The molecule has 0 saturated carbocycles. The number of likely N-dealkylation sites (N-methyl/N-ethyl adjacent to an activating group) is 1. The zero-order valence-electron chi connectivity index (χ0n) is 24.1. The molecule has 0 radical (unpaired) electrons. The fraction of sp³-hybridized carbons (Fsp3) is 0.567. The van der Waals surface area contributed by atoms with Crippen molar-refractivity contribution in [2.24, 2.45) is 0 Å². The van der Waals surface area contributed by atoms with Crippen LogP contribution in [0.1, 0.15) is 63.4 Å². The maximum Gasteiger partial charge on any atom is 0.338 e. The molecule has 2 rings (SSSR count). The molecular weight excluding hydrogens is 486 g/mol. The molecule has 0 amide bonds. The van der Waals surface area contributed by atoms with Gasteiger partial charge in [0.1, 0.15) is 0 Å². The van der Waals surface area contributed by atoms with E-state index in [1.807, 2.05) is 32.9 Å². The Labute approximate surface area is 228 Å². The van der Waals surface area contributed by atoms with Crippen LogP contribution < -0.4 is 23.7 Å². The molecule has 38 heavy (non-hydrogen) atoms. The van der Waals surface area contributed by atoms with Crippen molar-refractivity contribution in [2.75, 3.05) is 53.7 Å². The third-order valence-electron chi connectivity index (χ3n) is 6.23. The van der Waals surface area contributed by atoms with Gasteiger partial charge in [-0.25, -0.2) is 4.79 Å². The minimum absolute atomic E-state index is 0.349. The number of benzene rings is 2. The molecule has 0 saturated heterocycles. The second-order valence-corrected chi connectivity index (χ2v) is 8.81. The van der Waals surface area contributed by atoms with E-state index < -0.39 is 5.97 Å². The van der Waals surface area contributed by atoms with Crippen LogP contribution in [0.15, 0.2) is 30.3 Å². The van der Waals surface area contributed by atoms with E-state index in [0.29, 0.717) is 55.3 Å². The lowest BCUT2D eigenvalue weighted by atomic mass is 10.0. The second kappa shape index (κ2) is 16.7. The Morgan fingerprint density at radius 1 is 0.816 bits per heavy atom. The van der Waals surface area contributed by atoms with Gasteiger partial charge in [-0.05, 0) is 89.9 Å². The summed E-state index contributed by atoms with van der Waals surface area (Å²) in [7, 11) is 3.30. The van der Waals surface area contributed by atoms with Crippen LogP contribution in [0, 0.1) is 0 Å². The molecular formula is C30H45NO7. The van der Waals surface area contributed by atoms with Crippen molar-refractivity contribution in [1.82, 2.24) is 4.90 Å². The van der Waals surface area contributed by atoms with Crippen LogP contribution in [-0.2, 0) is 11.2 Å². The molecule has 0 spiro atoms. The summed E-state index contributed by atoms with van der Waals surface area (Å²) >= 11 is 0. The Hall–Kier alpha value is -3.13. The summed E-state index contributed by atoms with van der Waals surface area (Å²) in [6.45, 7) is 13.6. The predicted octanol–water partition coefficient (Wildman–Crippen LogP) is 5.79. The summed E-state index contributed by atoms with van der Waals surface area (Å²) in [5.74, 6) is 2.55. The summed E-state index contributed by atoms with van der Waals surface area (Å²) in [4.78, 5) is 15.2. The quantitative estimate of drug-likeness (QED) is 0.177. The van der Waals surface area contributed by atoms with E-state index >= 15 is 0 Å². The topological polar surface area (TPSA) is 75.7 Å². The first-order valence-corrected chi connectivity index (χ1v) is 13.6. The van der Waals surface area contributed by atoms with Gasteiger partial charge in [0.2, 0.25) is 5.75 Å². The summed E-state index contributed by atoms with van der Waals surface area (Å²) < 4.78 is 33.5. The van der Waals surface area contributed by atoms with Crippen LogP contribution in [0.3, 0.4) is 0 Å². The number of hydrogen-bond acceptors (Lipinski definition) is 8. The Morgan fingerprint density at radius 3 is 2.00 bits per heavy atom. The number of nitrogens with zero attached hydrogens (tertiary/aromatic N) is 1. The van der Waals surface area contributed by atoms with Crippen LogP contribution in [0.25, 0.3) is 0 Å². The normalized spacial score (nSPS) is 11.7. The van der Waals surface area contributed by atoms with Crippen LogP contribution in [0.2, 0.25) is 0 Å². The van der Waals surface area contributed by atoms with Crippen molar-refractivity contribution < 1.29 is 33.2 Å². The molecule has 2 aromatic rings. The maximum absolute atomic E-state index is 12.8. The van der Waals surface area contributed by atoms with E-state index in [1.54, 1.807) is 26.4 Å². The predicted molar refractivity (Wildman–Crippen MR) is 149 cm³/mol. The molecule has 1 unspecified atom stereocenters. The number of methoxy groups -OCH3 is 2. The van der Waals surface area contributed by atoms with E-state index in [0.717, 1.165) is 43.9 Å². The first kappa shape index (κ1) is 31.1. The second-order valence-electron chi connectivity index (χ2n) is 8.81. The van der Waals surface area contributed by atoms with Crippen molar-refractivity contribution in [3.63, 3.8) is 0 Å². The number of esters is 1. The monoisotopic (exact) mass is 531 g/mol. The van der Waals surface area contributed by atoms with Gasteiger partial charge in [-0.1, -0.05) is 13.0 Å². The molecule has 8 nitrogen and oxygen atoms in total. The third-order valence-corrected chi connectivity index (χ3v) is 6.23. The summed E-state index contributed by atoms with van der Waals surface area (Å²) in [5, 5.41) is 0. The van der Waals surface area contributed by atoms with Crippen molar-refractivity contribution >= 4 is 5.97 Å². The van der Waals surface area contributed by atoms with Crippen molar-refractivity contribution in [3.05, 3.63) is 41.5 Å². The first-order valence-electron chi connectivity index (χ1n) is 13.6. The number of unbranched alkanes of at least 4 members (excludes halogenated alkanes) is 1. The molecule has 0 aliphatic heterocycles. The summed E-state index contributed by atoms with van der Waals surface area (Å²) in [6, 6.07) is 9.75. The first-order chi connectivity index (χ1) is 18.4. The Kier molecular flexibility index (Phi) is 13.6. The van der Waals surface area contributed by atoms with Gasteiger partial charge in [0.25, 0.3) is 0 Å². The van der Waals surface area contributed by atoms with Crippen LogP contribution in [-0.4, -0.2) is 70.6 Å². The van der Waals surface area contributed by atoms with Gasteiger partial charge < -0.3 is 33.3 Å². The van der Waals surface area contributed by atoms with E-state index in [1.165, 1.54) is 5.56 Å². The lowest BCUT2D eigenvalue weighted by Crippen LogP contribution is -2.35. The van der Waals surface area contributed by atoms with Gasteiger partial charge in [-0.15, -0.1) is 0 Å². The van der Waals surface area contributed by atoms with Gasteiger partial charge in [-0.3, -0.25) is 0 Å². The summed E-state index contributed by atoms with van der Waals surface area (Å²) in [6.07, 6.45) is 2.61. The Balaban J connectivity index is 1.89. The fourth-order valence-corrected chi connectivity index (χ4v) is 4.34. The molecule has 0 aromatic heterocycles. The molecule has 0 N–H and O–H groups in total. The number of hydrogen-bond donors (Lipinski definition) is 0. The van der Waals surface area contributed by atoms with Crippen molar-refractivity contribution in [3.8, 4) is 28.7 Å². The zero-order valence-corrected chi connectivity index (χ0v) is 24.1. The maximum atomic E-state index is 12.8. The van der Waals surface area contributed by atoms with Crippen LogP contribution in [0.4, 0.5) is 0 Å². The van der Waals surface area contributed by atoms with Crippen molar-refractivity contribution in [1.29, 1.82) is 0 Å². The molecule has 1 atom stereocenters. The molecule has 0 heterocycles. The largest absolute Gasteiger partial charge is 0.493 e. The minimum atomic E-state index is -0.399. The van der Waals surface area contributed by atoms with Gasteiger partial charge in [-0.2, -0.15) is 0 Å². The lowest BCUT2D eigenvalue weighted by molar-refractivity contribution is 0.0492. The molecule has 0 bridgehead atoms. The van der Waals surface area contributed by atoms with Gasteiger partial charge in [0, 0.05) is 6.04 Å². The number of rotatable bonds is 18. The Bertz CT molecular complexity index is 968. The molecule has 8 heteroatoms. The standard InChI is InChI=1S/C30H45NO7/c1-8-31(22(5)18-23-14-15-25(33-6)26(19-23)34-7)16-12-13-17-38-30(32)24-20-27(35-9-2)29(37-11-4)28(21-24)36-10-3/h14-15,19-22H,8-13,16-18H2,1-7H3. The summed E-state index contributed by atoms with van der Waals surface area (Å²) in [5.41, 5.74) is 1.59. The SMILES string of the molecule is CCOc1cc(C(=O)OCCCCN(CC)C(C)Cc2ccc(OC)c(OC)c2)cc(OCC)c1OCC. The van der Waals surface area contributed by atoms with E-state index in [-0.39, 0.29) is 0 Å². The number of carbonyl (C=O) groups is 1. The van der Waals surface area contributed by atoms with Crippen LogP contribution in [0.5, 0.6) is 28.7 Å². The highest BCUT2D eigenvalue weighted by molar-refractivity contribution is 5.91. The molecule has 0 aliphatic rings. The molecule has 0 aliphatic carbocycles. The highest BCUT2D eigenvalue weighted by atomic mass is 16.5. The van der Waals surface area contributed by atoms with E-state index in [4.69, 9.17) is 28.4 Å². The fourth-order valence-electron chi connectivity index (χ4n) is 4.34. The molecule has 0 fully saturated rings. The Morgan fingerprint density at radius 2 is 1.45 bits per heavy atom. The smallest absolute Gasteiger partial charge is 0.338 e. The third kappa shape index (κ3) is 9.01. The zero-order chi connectivity index (χ0) is 27.9. The number of ether oxygens (including phenoxy) is 6. The van der Waals surface area contributed by atoms with Crippen LogP contribution >= 0.6 is 0 Å². The lowest BCUT2D eigenvalue weighted by Gasteiger charge is -2.28. The van der Waals surface area contributed by atoms with E-state index in [9.17, 15) is 4.79 Å². The minimum Gasteiger partial charge on any atom is -0.493 e. The number of carbonyl (C=O) groups excluding carboxylic acids is 1. The molecule has 2 aromatic carbocycles. The van der Waals surface area contributed by atoms with Gasteiger partial charge in [0.05, 0.1) is 46.2 Å². The average molecular weight is 532 g/mol. The van der Waals surface area contributed by atoms with Crippen molar-refractivity contribution in [2.45, 2.75) is 59.9 Å². The van der Waals surface area contributed by atoms with E-state index in [2.05, 4.69) is 24.8 Å². The highest BCUT2D eigenvalue weighted by Crippen LogP contribution is 2.39. The van der Waals surface area contributed by atoms with Gasteiger partial charge >= 0.3 is 5.97 Å². The highest BCUT2D eigenvalue weighted by Gasteiger charge is 2.19. The average Bonchev–Trinajstić information content (AvgIpc) is 2.92. The van der Waals surface area contributed by atoms with Gasteiger partial charge in [0.15, 0.2) is 23.0 Å². The molecule has 212 valence electrons.